The molecule has 0 bridgehead atoms. The van der Waals surface area contributed by atoms with E-state index in [1.165, 1.54) is 260 Å². The molecule has 0 saturated carbocycles. The highest BCUT2D eigenvalue weighted by atomic mass is 16.3. The molecule has 6 aliphatic heterocycles. The maximum Gasteiger partial charge on any atom is 0.0644 e. The van der Waals surface area contributed by atoms with E-state index in [0.717, 1.165) is 85.1 Å². The minimum absolute atomic E-state index is 0. The monoisotopic (exact) mass is 1340 g/mol. The predicted molar refractivity (Wildman–Crippen MR) is 427 cm³/mol. The molecule has 0 aliphatic carbocycles. The van der Waals surface area contributed by atoms with Crippen molar-refractivity contribution in [3.8, 4) is 0 Å². The molecule has 6 saturated heterocycles. The van der Waals surface area contributed by atoms with Crippen LogP contribution in [0.4, 0.5) is 0 Å². The highest BCUT2D eigenvalue weighted by Gasteiger charge is 2.28. The van der Waals surface area contributed by atoms with Gasteiger partial charge in [-0.15, -0.1) is 0 Å². The lowest BCUT2D eigenvalue weighted by Crippen LogP contribution is -2.46. The summed E-state index contributed by atoms with van der Waals surface area (Å²) in [6, 6.07) is 0. The van der Waals surface area contributed by atoms with E-state index in [4.69, 9.17) is 0 Å². The lowest BCUT2D eigenvalue weighted by Gasteiger charge is -2.37. The standard InChI is InChI=1S/C12H26N2.C12H25N.C11H23NO.C10H21N.C10H23N.C9H20N2.C9H19N.C9H21N.CH4/c1-4-6-13-8-10-14(11-9-13)7-5-12(2)3;1-11(2)5-8-13-9-6-12(3,4)7-10-13;1-10(2)4-7-12-8-5-11(3,13)6-9-12;1-9(2)4-6-11-7-5-10(3)8-11;1-5-8-11(6-2)9-7-10(3)4;1-9(2)3-6-11-7-4-10-5-8-11;1-8(2)4-5-10-6-9(3)7-10;1-5-7-10(4)8-6-9(2)3;/h12H,4-11H2,1-3H3;11H,5-10H2,1-4H3;10,13H,4-9H2,1-3H3;9-10H,4-8H2,1-3H3;10H,5-9H2,1-4H3;9-10H,3-8H2,1-2H3;8-9H,4-7H2,1-3H3;9H,5-8H2,1-4H3;1H4. The first-order chi connectivity index (χ1) is 43.7. The van der Waals surface area contributed by atoms with E-state index in [-0.39, 0.29) is 7.43 Å². The van der Waals surface area contributed by atoms with Gasteiger partial charge in [-0.25, -0.2) is 0 Å². The van der Waals surface area contributed by atoms with Crippen molar-refractivity contribution >= 4 is 0 Å². The van der Waals surface area contributed by atoms with Gasteiger partial charge in [0.1, 0.15) is 0 Å². The molecule has 6 aliphatic rings. The average molecular weight is 1340 g/mol. The van der Waals surface area contributed by atoms with Crippen LogP contribution >= 0.6 is 0 Å². The topological polar surface area (TPSA) is 61.4 Å². The quantitative estimate of drug-likeness (QED) is 0.0698. The van der Waals surface area contributed by atoms with Gasteiger partial charge in [0.25, 0.3) is 0 Å². The minimum Gasteiger partial charge on any atom is -0.390 e. The van der Waals surface area contributed by atoms with E-state index in [1.54, 1.807) is 0 Å². The summed E-state index contributed by atoms with van der Waals surface area (Å²) in [5.74, 6) is 8.70. The third kappa shape index (κ3) is 62.6. The summed E-state index contributed by atoms with van der Waals surface area (Å²) in [5.41, 5.74) is 0.211. The van der Waals surface area contributed by atoms with Gasteiger partial charge in [0.15, 0.2) is 0 Å². The van der Waals surface area contributed by atoms with Gasteiger partial charge in [-0.1, -0.05) is 174 Å². The van der Waals surface area contributed by atoms with Crippen molar-refractivity contribution in [3.05, 3.63) is 0 Å². The van der Waals surface area contributed by atoms with Gasteiger partial charge in [0.2, 0.25) is 0 Å². The van der Waals surface area contributed by atoms with Crippen LogP contribution < -0.4 is 5.32 Å². The van der Waals surface area contributed by atoms with Crippen LogP contribution in [0.1, 0.15) is 283 Å². The largest absolute Gasteiger partial charge is 0.390 e. The van der Waals surface area contributed by atoms with E-state index >= 15 is 0 Å². The van der Waals surface area contributed by atoms with E-state index in [9.17, 15) is 5.11 Å². The van der Waals surface area contributed by atoms with Crippen LogP contribution in [0.2, 0.25) is 0 Å². The normalized spacial score (nSPS) is 20.1. The zero-order chi connectivity index (χ0) is 70.8. The van der Waals surface area contributed by atoms with Crippen LogP contribution in [0, 0.1) is 64.6 Å². The van der Waals surface area contributed by atoms with Crippen LogP contribution in [0.3, 0.4) is 0 Å². The summed E-state index contributed by atoms with van der Waals surface area (Å²) in [7, 11) is 2.20. The molecule has 94 heavy (non-hydrogen) atoms. The Kier molecular flexibility index (Phi) is 62.6. The second-order valence-corrected chi connectivity index (χ2v) is 34.9. The number of likely N-dealkylation sites (tertiary alicyclic amines) is 4. The maximum absolute atomic E-state index is 9.74. The first-order valence-electron chi connectivity index (χ1n) is 40.6. The molecule has 6 rings (SSSR count). The molecule has 11 heteroatoms. The Morgan fingerprint density at radius 3 is 1.04 bits per heavy atom. The van der Waals surface area contributed by atoms with Crippen molar-refractivity contribution in [2.45, 2.75) is 289 Å². The van der Waals surface area contributed by atoms with E-state index in [1.807, 2.05) is 6.92 Å². The summed E-state index contributed by atoms with van der Waals surface area (Å²) >= 11 is 0. The highest BCUT2D eigenvalue weighted by molar-refractivity contribution is 4.82. The van der Waals surface area contributed by atoms with Crippen LogP contribution in [-0.2, 0) is 0 Å². The minimum atomic E-state index is -0.395. The lowest BCUT2D eigenvalue weighted by atomic mass is 9.82. The van der Waals surface area contributed by atoms with E-state index in [0.29, 0.717) is 5.41 Å². The van der Waals surface area contributed by atoms with E-state index in [2.05, 4.69) is 223 Å². The summed E-state index contributed by atoms with van der Waals surface area (Å²) in [5, 5.41) is 13.1. The zero-order valence-corrected chi connectivity index (χ0v) is 68.9. The lowest BCUT2D eigenvalue weighted by molar-refractivity contribution is -0.00605. The van der Waals surface area contributed by atoms with Crippen molar-refractivity contribution in [3.63, 3.8) is 0 Å². The molecule has 6 fully saturated rings. The fourth-order valence-corrected chi connectivity index (χ4v) is 12.2. The van der Waals surface area contributed by atoms with Gasteiger partial charge in [0.05, 0.1) is 5.60 Å². The van der Waals surface area contributed by atoms with Gasteiger partial charge < -0.3 is 54.5 Å². The number of aliphatic hydroxyl groups is 1. The van der Waals surface area contributed by atoms with Crippen molar-refractivity contribution < 1.29 is 5.11 Å². The predicted octanol–water partition coefficient (Wildman–Crippen LogP) is 18.2. The molecule has 570 valence electrons. The van der Waals surface area contributed by atoms with E-state index < -0.39 is 5.60 Å². The fraction of sp³-hybridized carbons (Fsp3) is 1.00. The molecule has 0 amide bonds. The molecule has 11 nitrogen and oxygen atoms in total. The van der Waals surface area contributed by atoms with Gasteiger partial charge in [-0.05, 0) is 279 Å². The third-order valence-corrected chi connectivity index (χ3v) is 19.8. The molecule has 6 heterocycles. The summed E-state index contributed by atoms with van der Waals surface area (Å²) in [6.07, 6.45) is 20.6. The van der Waals surface area contributed by atoms with Gasteiger partial charge in [0, 0.05) is 85.1 Å². The fourth-order valence-electron chi connectivity index (χ4n) is 12.2. The van der Waals surface area contributed by atoms with Crippen LogP contribution in [0.25, 0.3) is 0 Å². The van der Waals surface area contributed by atoms with Crippen molar-refractivity contribution in [1.29, 1.82) is 0 Å². The molecular weight excluding hydrogens is 1150 g/mol. The van der Waals surface area contributed by atoms with Crippen LogP contribution in [0.15, 0.2) is 0 Å². The van der Waals surface area contributed by atoms with Crippen molar-refractivity contribution in [2.75, 3.05) is 190 Å². The second kappa shape index (κ2) is 60.2. The number of piperidine rings is 2. The summed E-state index contributed by atoms with van der Waals surface area (Å²) in [4.78, 5) is 22.9. The first-order valence-corrected chi connectivity index (χ1v) is 40.6. The Hall–Kier alpha value is -0.440. The van der Waals surface area contributed by atoms with Crippen LogP contribution in [0.5, 0.6) is 0 Å². The Bertz CT molecular complexity index is 1460. The zero-order valence-electron chi connectivity index (χ0n) is 68.9. The van der Waals surface area contributed by atoms with Crippen LogP contribution in [-0.4, -0.2) is 245 Å². The maximum atomic E-state index is 9.74. The Morgan fingerprint density at radius 2 is 0.702 bits per heavy atom. The summed E-state index contributed by atoms with van der Waals surface area (Å²) < 4.78 is 0. The Balaban J connectivity index is -0.00000101. The van der Waals surface area contributed by atoms with Crippen molar-refractivity contribution in [1.82, 2.24) is 49.4 Å². The smallest absolute Gasteiger partial charge is 0.0644 e. The molecule has 0 spiro atoms. The number of rotatable bonds is 31. The number of piperazine rings is 2. The molecule has 2 N–H and O–H groups in total. The third-order valence-electron chi connectivity index (χ3n) is 19.8. The highest BCUT2D eigenvalue weighted by Crippen LogP contribution is 2.30. The van der Waals surface area contributed by atoms with Gasteiger partial charge in [-0.3, -0.25) is 0 Å². The number of hydrogen-bond donors (Lipinski definition) is 2. The molecule has 1 unspecified atom stereocenters. The number of nitrogens with zero attached hydrogens (tertiary/aromatic N) is 9. The molecule has 0 aromatic heterocycles. The number of nitrogens with one attached hydrogen (secondary N) is 1. The molecular formula is C83H182N10O. The van der Waals surface area contributed by atoms with Gasteiger partial charge in [-0.2, -0.15) is 0 Å². The average Bonchev–Trinajstić information content (AvgIpc) is 1.28. The van der Waals surface area contributed by atoms with Crippen molar-refractivity contribution in [2.24, 2.45) is 64.6 Å². The summed E-state index contributed by atoms with van der Waals surface area (Å²) in [6.45, 7) is 92.5. The Morgan fingerprint density at radius 1 is 0.372 bits per heavy atom. The molecule has 0 radical (unpaired) electrons. The molecule has 0 aromatic rings. The first kappa shape index (κ1) is 97.7. The number of hydrogen-bond acceptors (Lipinski definition) is 11. The van der Waals surface area contributed by atoms with Gasteiger partial charge >= 0.3 is 0 Å². The molecule has 0 aromatic carbocycles. The SMILES string of the molecule is C.CC(C)CCN1CC(C)C1.CC(C)CCN1CCC(C)(C)CC1.CC(C)CCN1CCC(C)(O)CC1.CC(C)CCN1CCC(C)C1.CC(C)CCN1CCNCC1.CCCN(C)CCC(C)C.CCCN(CC)CCC(C)C.CCCN1CCN(CCC(C)C)CC1. The second-order valence-electron chi connectivity index (χ2n) is 34.9. The molecule has 1 atom stereocenters. The Labute approximate surface area is 595 Å².